The van der Waals surface area contributed by atoms with Gasteiger partial charge in [-0.3, -0.25) is 0 Å². The topological polar surface area (TPSA) is 3.24 Å². The lowest BCUT2D eigenvalue weighted by Gasteiger charge is -2.19. The second-order valence-corrected chi connectivity index (χ2v) is 7.71. The molecule has 0 spiro atoms. The van der Waals surface area contributed by atoms with E-state index >= 15 is 0 Å². The van der Waals surface area contributed by atoms with Crippen LogP contribution in [0.2, 0.25) is 0 Å². The summed E-state index contributed by atoms with van der Waals surface area (Å²) in [5, 5.41) is 0. The second-order valence-electron chi connectivity index (χ2n) is 7.71. The van der Waals surface area contributed by atoms with Crippen molar-refractivity contribution in [3.63, 3.8) is 0 Å². The Morgan fingerprint density at radius 3 is 1.17 bits per heavy atom. The number of unbranched alkanes of at least 4 members (excludes halogenated alkanes) is 15. The molecule has 0 N–H and O–H groups in total. The lowest BCUT2D eigenvalue weighted by molar-refractivity contribution is 0.317. The SMILES string of the molecule is [CH2]C(CCCCCCCCCCCCCCCCCC)N(C)C. The van der Waals surface area contributed by atoms with E-state index in [0.29, 0.717) is 6.04 Å². The molecule has 0 fully saturated rings. The van der Waals surface area contributed by atoms with E-state index < -0.39 is 0 Å². The van der Waals surface area contributed by atoms with Crippen LogP contribution in [0.5, 0.6) is 0 Å². The predicted molar refractivity (Wildman–Crippen MR) is 107 cm³/mol. The molecule has 0 saturated carbocycles. The number of nitrogens with zero attached hydrogens (tertiary/aromatic N) is 1. The summed E-state index contributed by atoms with van der Waals surface area (Å²) in [4.78, 5) is 2.23. The maximum atomic E-state index is 4.17. The molecule has 0 aromatic carbocycles. The van der Waals surface area contributed by atoms with Crippen molar-refractivity contribution in [2.24, 2.45) is 0 Å². The van der Waals surface area contributed by atoms with Gasteiger partial charge in [0, 0.05) is 6.04 Å². The van der Waals surface area contributed by atoms with E-state index in [1.165, 1.54) is 109 Å². The zero-order valence-electron chi connectivity index (χ0n) is 16.8. The Morgan fingerprint density at radius 1 is 0.565 bits per heavy atom. The maximum Gasteiger partial charge on any atom is 0.00897 e. The molecule has 0 bridgehead atoms. The van der Waals surface area contributed by atoms with Crippen LogP contribution in [-0.4, -0.2) is 25.0 Å². The van der Waals surface area contributed by atoms with Gasteiger partial charge in [-0.2, -0.15) is 0 Å². The molecule has 23 heavy (non-hydrogen) atoms. The van der Waals surface area contributed by atoms with Crippen molar-refractivity contribution in [2.75, 3.05) is 14.1 Å². The zero-order chi connectivity index (χ0) is 17.2. The molecule has 0 saturated heterocycles. The molecule has 1 radical (unpaired) electrons. The molecule has 0 aliphatic heterocycles. The van der Waals surface area contributed by atoms with Crippen LogP contribution in [0.3, 0.4) is 0 Å². The van der Waals surface area contributed by atoms with Crippen LogP contribution in [0.1, 0.15) is 116 Å². The third-order valence-corrected chi connectivity index (χ3v) is 5.12. The van der Waals surface area contributed by atoms with Crippen molar-refractivity contribution >= 4 is 0 Å². The number of rotatable bonds is 18. The van der Waals surface area contributed by atoms with Crippen LogP contribution in [-0.2, 0) is 0 Å². The molecule has 0 aliphatic rings. The highest BCUT2D eigenvalue weighted by Gasteiger charge is 2.03. The van der Waals surface area contributed by atoms with Gasteiger partial charge in [0.05, 0.1) is 0 Å². The molecular weight excluding hydrogens is 278 g/mol. The first-order chi connectivity index (χ1) is 11.2. The average Bonchev–Trinajstić information content (AvgIpc) is 2.54. The first-order valence-corrected chi connectivity index (χ1v) is 10.7. The molecule has 139 valence electrons. The summed E-state index contributed by atoms with van der Waals surface area (Å²) in [5.74, 6) is 0. The average molecular weight is 325 g/mol. The fraction of sp³-hybridized carbons (Fsp3) is 0.955. The molecule has 1 heteroatoms. The minimum absolute atomic E-state index is 0.502. The van der Waals surface area contributed by atoms with Crippen LogP contribution in [0.15, 0.2) is 0 Å². The Bertz CT molecular complexity index is 212. The van der Waals surface area contributed by atoms with Gasteiger partial charge in [0.1, 0.15) is 0 Å². The van der Waals surface area contributed by atoms with Crippen LogP contribution in [0, 0.1) is 6.92 Å². The summed E-state index contributed by atoms with van der Waals surface area (Å²) in [7, 11) is 4.26. The molecule has 0 amide bonds. The Kier molecular flexibility index (Phi) is 18.3. The van der Waals surface area contributed by atoms with E-state index in [1.807, 2.05) is 0 Å². The van der Waals surface area contributed by atoms with E-state index in [9.17, 15) is 0 Å². The van der Waals surface area contributed by atoms with Crippen molar-refractivity contribution in [1.29, 1.82) is 0 Å². The fourth-order valence-electron chi connectivity index (χ4n) is 3.19. The maximum absolute atomic E-state index is 4.17. The molecular formula is C22H46N. The van der Waals surface area contributed by atoms with E-state index in [4.69, 9.17) is 0 Å². The fourth-order valence-corrected chi connectivity index (χ4v) is 3.19. The van der Waals surface area contributed by atoms with Gasteiger partial charge in [-0.25, -0.2) is 0 Å². The van der Waals surface area contributed by atoms with Crippen LogP contribution in [0.4, 0.5) is 0 Å². The molecule has 1 nitrogen and oxygen atoms in total. The quantitative estimate of drug-likeness (QED) is 0.237. The summed E-state index contributed by atoms with van der Waals surface area (Å²) in [6.45, 7) is 6.47. The molecule has 0 aromatic rings. The molecule has 0 aliphatic carbocycles. The highest BCUT2D eigenvalue weighted by Crippen LogP contribution is 2.14. The third kappa shape index (κ3) is 18.1. The van der Waals surface area contributed by atoms with Gasteiger partial charge in [-0.05, 0) is 27.4 Å². The number of hydrogen-bond donors (Lipinski definition) is 0. The predicted octanol–water partition coefficient (Wildman–Crippen LogP) is 7.40. The smallest absolute Gasteiger partial charge is 0.00897 e. The Hall–Kier alpha value is -0.0400. The van der Waals surface area contributed by atoms with Gasteiger partial charge >= 0.3 is 0 Å². The van der Waals surface area contributed by atoms with Crippen molar-refractivity contribution in [3.8, 4) is 0 Å². The lowest BCUT2D eigenvalue weighted by Crippen LogP contribution is -2.24. The molecule has 1 atom stereocenters. The molecule has 0 aromatic heterocycles. The van der Waals surface area contributed by atoms with Gasteiger partial charge in [0.2, 0.25) is 0 Å². The van der Waals surface area contributed by atoms with Crippen LogP contribution < -0.4 is 0 Å². The summed E-state index contributed by atoms with van der Waals surface area (Å²) in [5.41, 5.74) is 0. The second kappa shape index (κ2) is 18.3. The van der Waals surface area contributed by atoms with E-state index in [2.05, 4.69) is 32.8 Å². The summed E-state index contributed by atoms with van der Waals surface area (Å²) in [6, 6.07) is 0.502. The van der Waals surface area contributed by atoms with Crippen molar-refractivity contribution in [3.05, 3.63) is 6.92 Å². The van der Waals surface area contributed by atoms with Gasteiger partial charge < -0.3 is 4.90 Å². The van der Waals surface area contributed by atoms with Crippen molar-refractivity contribution in [2.45, 2.75) is 122 Å². The van der Waals surface area contributed by atoms with Crippen molar-refractivity contribution in [1.82, 2.24) is 4.90 Å². The third-order valence-electron chi connectivity index (χ3n) is 5.12. The standard InChI is InChI=1S/C22H46N/c1-5-6-7-8-9-10-11-12-13-14-15-16-17-18-19-20-21-22(2)23(3)4/h22H,2,5-21H2,1,3-4H3. The van der Waals surface area contributed by atoms with Gasteiger partial charge in [-0.15, -0.1) is 0 Å². The lowest BCUT2D eigenvalue weighted by atomic mass is 10.0. The first kappa shape index (κ1) is 23.0. The number of hydrogen-bond acceptors (Lipinski definition) is 1. The van der Waals surface area contributed by atoms with Crippen molar-refractivity contribution < 1.29 is 0 Å². The minimum Gasteiger partial charge on any atom is -0.306 e. The zero-order valence-corrected chi connectivity index (χ0v) is 16.8. The normalized spacial score (nSPS) is 12.9. The van der Waals surface area contributed by atoms with Gasteiger partial charge in [0.15, 0.2) is 0 Å². The molecule has 0 heterocycles. The summed E-state index contributed by atoms with van der Waals surface area (Å²) in [6.07, 6.45) is 24.4. The molecule has 1 unspecified atom stereocenters. The Balaban J connectivity index is 3.03. The van der Waals surface area contributed by atoms with Gasteiger partial charge in [0.25, 0.3) is 0 Å². The summed E-state index contributed by atoms with van der Waals surface area (Å²) >= 11 is 0. The van der Waals surface area contributed by atoms with Crippen LogP contribution in [0.25, 0.3) is 0 Å². The Labute approximate surface area is 148 Å². The monoisotopic (exact) mass is 324 g/mol. The minimum atomic E-state index is 0.502. The van der Waals surface area contributed by atoms with E-state index in [0.717, 1.165) is 0 Å². The van der Waals surface area contributed by atoms with Crippen LogP contribution >= 0.6 is 0 Å². The first-order valence-electron chi connectivity index (χ1n) is 10.7. The highest BCUT2D eigenvalue weighted by molar-refractivity contribution is 4.67. The molecule has 0 rings (SSSR count). The van der Waals surface area contributed by atoms with E-state index in [-0.39, 0.29) is 0 Å². The highest BCUT2D eigenvalue weighted by atomic mass is 15.1. The largest absolute Gasteiger partial charge is 0.306 e. The van der Waals surface area contributed by atoms with E-state index in [1.54, 1.807) is 0 Å². The summed E-state index contributed by atoms with van der Waals surface area (Å²) < 4.78 is 0. The Morgan fingerprint density at radius 2 is 0.870 bits per heavy atom. The van der Waals surface area contributed by atoms with Gasteiger partial charge in [-0.1, -0.05) is 110 Å².